The molecule has 0 heterocycles. The first kappa shape index (κ1) is 18.9. The number of benzene rings is 2. The van der Waals surface area contributed by atoms with Crippen LogP contribution in [-0.2, 0) is 10.1 Å². The molecule has 0 saturated heterocycles. The van der Waals surface area contributed by atoms with E-state index < -0.39 is 43.9 Å². The number of carbonyl (C=O) groups excluding carboxylic acids is 1. The van der Waals surface area contributed by atoms with Crippen LogP contribution in [0.25, 0.3) is 0 Å². The van der Waals surface area contributed by atoms with Gasteiger partial charge < -0.3 is 5.32 Å². The molecule has 2 aromatic carbocycles. The van der Waals surface area contributed by atoms with Gasteiger partial charge in [0.15, 0.2) is 11.6 Å². The van der Waals surface area contributed by atoms with E-state index in [2.05, 4.69) is 5.32 Å². The fourth-order valence-electron chi connectivity index (χ4n) is 1.61. The van der Waals surface area contributed by atoms with E-state index in [1.54, 1.807) is 0 Å². The van der Waals surface area contributed by atoms with Crippen LogP contribution in [-0.4, -0.2) is 18.9 Å². The second-order valence-electron chi connectivity index (χ2n) is 4.20. The summed E-state index contributed by atoms with van der Waals surface area (Å²) in [5.74, 6) is -4.48. The molecule has 0 aliphatic carbocycles. The molecule has 0 radical (unpaired) electrons. The minimum Gasteiger partial charge on any atom is -0.322 e. The third-order valence-electron chi connectivity index (χ3n) is 2.66. The van der Waals surface area contributed by atoms with Crippen LogP contribution in [0.15, 0.2) is 41.3 Å². The van der Waals surface area contributed by atoms with Crippen molar-refractivity contribution in [1.29, 1.82) is 0 Å². The summed E-state index contributed by atoms with van der Waals surface area (Å²) in [7, 11) is -4.62. The minimum absolute atomic E-state index is 0. The molecule has 2 N–H and O–H groups in total. The molecule has 10 heteroatoms. The van der Waals surface area contributed by atoms with Gasteiger partial charge in [-0.3, -0.25) is 9.35 Å². The minimum atomic E-state index is -4.62. The molecule has 0 fully saturated rings. The van der Waals surface area contributed by atoms with Crippen molar-refractivity contribution in [2.75, 3.05) is 5.32 Å². The summed E-state index contributed by atoms with van der Waals surface area (Å²) in [6.45, 7) is 0. The van der Waals surface area contributed by atoms with Crippen molar-refractivity contribution in [1.82, 2.24) is 0 Å². The van der Waals surface area contributed by atoms with E-state index >= 15 is 0 Å². The molecule has 0 atom stereocenters. The fourth-order valence-corrected chi connectivity index (χ4v) is 2.12. The average molecular weight is 368 g/mol. The van der Waals surface area contributed by atoms with Gasteiger partial charge in [-0.05, 0) is 30.3 Å². The summed E-state index contributed by atoms with van der Waals surface area (Å²) in [5.41, 5.74) is -0.833. The highest BCUT2D eigenvalue weighted by atomic mass is 35.5. The molecule has 124 valence electrons. The van der Waals surface area contributed by atoms with Crippen LogP contribution in [0.2, 0.25) is 0 Å². The quantitative estimate of drug-likeness (QED) is 0.817. The lowest BCUT2D eigenvalue weighted by atomic mass is 10.2. The van der Waals surface area contributed by atoms with Gasteiger partial charge >= 0.3 is 0 Å². The van der Waals surface area contributed by atoms with Crippen LogP contribution in [0.1, 0.15) is 10.4 Å². The number of rotatable bonds is 3. The van der Waals surface area contributed by atoms with Crippen LogP contribution in [0.4, 0.5) is 18.9 Å². The summed E-state index contributed by atoms with van der Waals surface area (Å²) >= 11 is 0. The Balaban J connectivity index is 0.00000264. The van der Waals surface area contributed by atoms with Crippen LogP contribution in [0, 0.1) is 17.5 Å². The molecule has 0 saturated carbocycles. The SMILES string of the molecule is Cl.O=C(Nc1ccc(F)c(F)c1)c1cc(S(=O)(=O)O)ccc1F. The Hall–Kier alpha value is -2.10. The fraction of sp³-hybridized carbons (Fsp3) is 0. The molecule has 2 aromatic rings. The Morgan fingerprint density at radius 1 is 0.957 bits per heavy atom. The van der Waals surface area contributed by atoms with Crippen molar-refractivity contribution in [3.63, 3.8) is 0 Å². The zero-order valence-electron chi connectivity index (χ0n) is 11.1. The molecule has 0 aromatic heterocycles. The van der Waals surface area contributed by atoms with Gasteiger partial charge in [0.25, 0.3) is 16.0 Å². The van der Waals surface area contributed by atoms with Crippen molar-refractivity contribution in [2.45, 2.75) is 4.90 Å². The third-order valence-corrected chi connectivity index (χ3v) is 3.51. The zero-order valence-corrected chi connectivity index (χ0v) is 12.7. The number of halogens is 4. The number of hydrogen-bond acceptors (Lipinski definition) is 3. The largest absolute Gasteiger partial charge is 0.322 e. The molecular formula is C13H9ClF3NO4S. The number of nitrogens with one attached hydrogen (secondary N) is 1. The standard InChI is InChI=1S/C13H8F3NO4S.ClH/c14-10-4-2-8(22(19,20)21)6-9(10)13(18)17-7-1-3-11(15)12(16)5-7;/h1-6H,(H,17,18)(H,19,20,21);1H. The molecule has 0 spiro atoms. The Kier molecular flexibility index (Phi) is 5.75. The Bertz CT molecular complexity index is 858. The summed E-state index contributed by atoms with van der Waals surface area (Å²) in [6.07, 6.45) is 0. The maximum absolute atomic E-state index is 13.6. The van der Waals surface area contributed by atoms with Crippen molar-refractivity contribution in [3.05, 3.63) is 59.4 Å². The molecule has 0 bridgehead atoms. The predicted octanol–water partition coefficient (Wildman–Crippen LogP) is 3.02. The third kappa shape index (κ3) is 4.44. The number of hydrogen-bond donors (Lipinski definition) is 2. The topological polar surface area (TPSA) is 83.5 Å². The highest BCUT2D eigenvalue weighted by Crippen LogP contribution is 2.18. The van der Waals surface area contributed by atoms with Crippen LogP contribution in [0.3, 0.4) is 0 Å². The average Bonchev–Trinajstić information content (AvgIpc) is 2.42. The van der Waals surface area contributed by atoms with E-state index in [9.17, 15) is 26.4 Å². The molecule has 0 aliphatic heterocycles. The summed E-state index contributed by atoms with van der Waals surface area (Å²) in [5, 5.41) is 2.08. The lowest BCUT2D eigenvalue weighted by Gasteiger charge is -2.07. The van der Waals surface area contributed by atoms with Crippen LogP contribution in [0.5, 0.6) is 0 Å². The van der Waals surface area contributed by atoms with E-state index in [-0.39, 0.29) is 18.1 Å². The van der Waals surface area contributed by atoms with E-state index in [1.165, 1.54) is 0 Å². The summed E-state index contributed by atoms with van der Waals surface area (Å²) in [6, 6.07) is 4.57. The highest BCUT2D eigenvalue weighted by molar-refractivity contribution is 7.85. The number of carbonyl (C=O) groups is 1. The molecule has 2 rings (SSSR count). The molecule has 5 nitrogen and oxygen atoms in total. The zero-order chi connectivity index (χ0) is 16.5. The van der Waals surface area contributed by atoms with Gasteiger partial charge in [0.1, 0.15) is 5.82 Å². The Morgan fingerprint density at radius 3 is 2.13 bits per heavy atom. The molecule has 0 unspecified atom stereocenters. The first-order valence-electron chi connectivity index (χ1n) is 5.72. The first-order valence-corrected chi connectivity index (χ1v) is 7.16. The van der Waals surface area contributed by atoms with E-state index in [0.717, 1.165) is 18.2 Å². The monoisotopic (exact) mass is 367 g/mol. The molecule has 23 heavy (non-hydrogen) atoms. The van der Waals surface area contributed by atoms with Gasteiger partial charge in [0.05, 0.1) is 10.5 Å². The second-order valence-corrected chi connectivity index (χ2v) is 5.62. The summed E-state index contributed by atoms with van der Waals surface area (Å²) < 4.78 is 70.2. The van der Waals surface area contributed by atoms with Crippen molar-refractivity contribution >= 4 is 34.1 Å². The van der Waals surface area contributed by atoms with Gasteiger partial charge in [-0.2, -0.15) is 8.42 Å². The Labute approximate surface area is 135 Å². The van der Waals surface area contributed by atoms with Gasteiger partial charge in [0, 0.05) is 11.8 Å². The molecular weight excluding hydrogens is 359 g/mol. The lowest BCUT2D eigenvalue weighted by Crippen LogP contribution is -2.15. The van der Waals surface area contributed by atoms with Crippen molar-refractivity contribution in [3.8, 4) is 0 Å². The van der Waals surface area contributed by atoms with Crippen molar-refractivity contribution < 1.29 is 30.9 Å². The number of anilines is 1. The van der Waals surface area contributed by atoms with E-state index in [1.807, 2.05) is 0 Å². The summed E-state index contributed by atoms with van der Waals surface area (Å²) in [4.78, 5) is 11.2. The van der Waals surface area contributed by atoms with Crippen molar-refractivity contribution in [2.24, 2.45) is 0 Å². The van der Waals surface area contributed by atoms with E-state index in [4.69, 9.17) is 4.55 Å². The molecule has 0 aliphatic rings. The van der Waals surface area contributed by atoms with Crippen LogP contribution >= 0.6 is 12.4 Å². The van der Waals surface area contributed by atoms with Gasteiger partial charge in [-0.25, -0.2) is 13.2 Å². The Morgan fingerprint density at radius 2 is 1.57 bits per heavy atom. The molecule has 1 amide bonds. The number of amides is 1. The lowest BCUT2D eigenvalue weighted by molar-refractivity contribution is 0.102. The highest BCUT2D eigenvalue weighted by Gasteiger charge is 2.18. The maximum atomic E-state index is 13.6. The normalized spacial score (nSPS) is 10.8. The predicted molar refractivity (Wildman–Crippen MR) is 77.8 cm³/mol. The first-order chi connectivity index (χ1) is 10.2. The van der Waals surface area contributed by atoms with Gasteiger partial charge in [-0.1, -0.05) is 0 Å². The van der Waals surface area contributed by atoms with Crippen LogP contribution < -0.4 is 5.32 Å². The maximum Gasteiger partial charge on any atom is 0.294 e. The van der Waals surface area contributed by atoms with E-state index in [0.29, 0.717) is 18.2 Å². The second kappa shape index (κ2) is 6.99. The smallest absolute Gasteiger partial charge is 0.294 e. The van der Waals surface area contributed by atoms with Gasteiger partial charge in [-0.15, -0.1) is 12.4 Å². The van der Waals surface area contributed by atoms with Gasteiger partial charge in [0.2, 0.25) is 0 Å².